The van der Waals surface area contributed by atoms with Crippen molar-refractivity contribution in [2.75, 3.05) is 7.11 Å². The van der Waals surface area contributed by atoms with E-state index in [0.717, 1.165) is 5.75 Å². The minimum atomic E-state index is 0.890. The Bertz CT molecular complexity index is 944. The molecule has 0 aliphatic carbocycles. The zero-order valence-corrected chi connectivity index (χ0v) is 16.0. The highest BCUT2D eigenvalue weighted by Crippen LogP contribution is 2.39. The third-order valence-corrected chi connectivity index (χ3v) is 6.75. The van der Waals surface area contributed by atoms with Crippen LogP contribution in [-0.2, 0) is 6.42 Å². The van der Waals surface area contributed by atoms with Crippen LogP contribution in [0.25, 0.3) is 31.0 Å². The van der Waals surface area contributed by atoms with Crippen LogP contribution in [0.5, 0.6) is 5.75 Å². The number of hydrogen-bond acceptors (Lipinski definition) is 3. The molecule has 2 heterocycles. The third kappa shape index (κ3) is 3.35. The van der Waals surface area contributed by atoms with Gasteiger partial charge in [0.05, 0.1) is 7.11 Å². The van der Waals surface area contributed by atoms with Crippen molar-refractivity contribution in [2.24, 2.45) is 0 Å². The van der Waals surface area contributed by atoms with Crippen molar-refractivity contribution in [1.82, 2.24) is 0 Å². The van der Waals surface area contributed by atoms with Crippen molar-refractivity contribution in [1.29, 1.82) is 0 Å². The maximum Gasteiger partial charge on any atom is 0.118 e. The van der Waals surface area contributed by atoms with E-state index in [0.29, 0.717) is 0 Å². The lowest BCUT2D eigenvalue weighted by Crippen LogP contribution is -1.83. The van der Waals surface area contributed by atoms with Gasteiger partial charge in [-0.3, -0.25) is 0 Å². The lowest BCUT2D eigenvalue weighted by Gasteiger charge is -2.05. The fourth-order valence-corrected chi connectivity index (χ4v) is 5.54. The van der Waals surface area contributed by atoms with Gasteiger partial charge in [-0.25, -0.2) is 0 Å². The Labute approximate surface area is 156 Å². The minimum Gasteiger partial charge on any atom is -0.497 e. The van der Waals surface area contributed by atoms with Gasteiger partial charge < -0.3 is 4.74 Å². The monoisotopic (exact) mass is 364 g/mol. The lowest BCUT2D eigenvalue weighted by molar-refractivity contribution is 0.415. The van der Waals surface area contributed by atoms with Gasteiger partial charge in [0.2, 0.25) is 0 Å². The van der Waals surface area contributed by atoms with Crippen LogP contribution in [0, 0.1) is 0 Å². The van der Waals surface area contributed by atoms with Crippen LogP contribution in [0.3, 0.4) is 0 Å². The number of ether oxygens (including phenoxy) is 1. The van der Waals surface area contributed by atoms with E-state index in [2.05, 4.69) is 55.5 Å². The summed E-state index contributed by atoms with van der Waals surface area (Å²) in [6.07, 6.45) is 2.41. The summed E-state index contributed by atoms with van der Waals surface area (Å²) in [6.45, 7) is 2.24. The molecule has 0 fully saturated rings. The Kier molecular flexibility index (Phi) is 4.60. The number of aryl methyl sites for hydroxylation is 1. The Morgan fingerprint density at radius 2 is 1.36 bits per heavy atom. The molecule has 0 saturated heterocycles. The average Bonchev–Trinajstić information content (AvgIpc) is 3.21. The molecular weight excluding hydrogens is 344 g/mol. The van der Waals surface area contributed by atoms with Crippen molar-refractivity contribution >= 4 is 32.1 Å². The fourth-order valence-electron chi connectivity index (χ4n) is 3.01. The smallest absolute Gasteiger partial charge is 0.118 e. The molecule has 0 amide bonds. The summed E-state index contributed by atoms with van der Waals surface area (Å²) >= 11 is 3.84. The number of rotatable bonds is 5. The standard InChI is InChI=1S/C22H20OS2/c1-3-4-19-13-21-22(24-19)14-20(25-21)17-7-5-15(6-8-17)16-9-11-18(23-2)12-10-16/h5-14H,3-4H2,1-2H3. The fraction of sp³-hybridized carbons (Fsp3) is 0.182. The second-order valence-corrected chi connectivity index (χ2v) is 8.36. The van der Waals surface area contributed by atoms with Gasteiger partial charge in [-0.2, -0.15) is 0 Å². The normalized spacial score (nSPS) is 11.1. The molecule has 0 saturated carbocycles. The molecule has 4 aromatic rings. The van der Waals surface area contributed by atoms with E-state index in [4.69, 9.17) is 4.74 Å². The number of methoxy groups -OCH3 is 1. The van der Waals surface area contributed by atoms with Crippen LogP contribution in [0.4, 0.5) is 0 Å². The van der Waals surface area contributed by atoms with Crippen LogP contribution < -0.4 is 4.74 Å². The van der Waals surface area contributed by atoms with Crippen LogP contribution in [0.15, 0.2) is 60.7 Å². The zero-order chi connectivity index (χ0) is 17.2. The first-order valence-electron chi connectivity index (χ1n) is 8.54. The van der Waals surface area contributed by atoms with Crippen molar-refractivity contribution in [3.8, 4) is 27.3 Å². The highest BCUT2D eigenvalue weighted by atomic mass is 32.1. The van der Waals surface area contributed by atoms with Gasteiger partial charge in [-0.1, -0.05) is 49.7 Å². The molecule has 2 aromatic heterocycles. The molecule has 126 valence electrons. The summed E-state index contributed by atoms with van der Waals surface area (Å²) in [5.74, 6) is 0.890. The van der Waals surface area contributed by atoms with E-state index in [-0.39, 0.29) is 0 Å². The Hall–Kier alpha value is -2.10. The molecule has 0 aliphatic heterocycles. The molecule has 0 aliphatic rings. The quantitative estimate of drug-likeness (QED) is 0.362. The van der Waals surface area contributed by atoms with Gasteiger partial charge in [0, 0.05) is 19.2 Å². The lowest BCUT2D eigenvalue weighted by atomic mass is 10.0. The maximum absolute atomic E-state index is 5.23. The largest absolute Gasteiger partial charge is 0.497 e. The molecule has 1 nitrogen and oxygen atoms in total. The number of benzene rings is 2. The summed E-state index contributed by atoms with van der Waals surface area (Å²) in [6, 6.07) is 21.8. The molecule has 25 heavy (non-hydrogen) atoms. The molecule has 3 heteroatoms. The van der Waals surface area contributed by atoms with Crippen molar-refractivity contribution < 1.29 is 4.74 Å². The predicted octanol–water partition coefficient (Wildman–Crippen LogP) is 7.26. The summed E-state index contributed by atoms with van der Waals surface area (Å²) in [4.78, 5) is 2.86. The first-order valence-corrected chi connectivity index (χ1v) is 10.2. The van der Waals surface area contributed by atoms with E-state index < -0.39 is 0 Å². The maximum atomic E-state index is 5.23. The highest BCUT2D eigenvalue weighted by Gasteiger charge is 2.08. The van der Waals surface area contributed by atoms with E-state index >= 15 is 0 Å². The molecule has 4 rings (SSSR count). The zero-order valence-electron chi connectivity index (χ0n) is 14.4. The first kappa shape index (κ1) is 16.4. The van der Waals surface area contributed by atoms with E-state index in [1.54, 1.807) is 7.11 Å². The van der Waals surface area contributed by atoms with Crippen molar-refractivity contribution in [3.63, 3.8) is 0 Å². The van der Waals surface area contributed by atoms with E-state index in [1.807, 2.05) is 34.8 Å². The van der Waals surface area contributed by atoms with Gasteiger partial charge in [0.15, 0.2) is 0 Å². The summed E-state index contributed by atoms with van der Waals surface area (Å²) in [7, 11) is 1.70. The summed E-state index contributed by atoms with van der Waals surface area (Å²) in [5, 5.41) is 0. The molecular formula is C22H20OS2. The molecule has 0 unspecified atom stereocenters. The summed E-state index contributed by atoms with van der Waals surface area (Å²) < 4.78 is 8.07. The Morgan fingerprint density at radius 1 is 0.760 bits per heavy atom. The first-order chi connectivity index (χ1) is 12.3. The van der Waals surface area contributed by atoms with Crippen molar-refractivity contribution in [3.05, 3.63) is 65.5 Å². The number of thiophene rings is 2. The second kappa shape index (κ2) is 7.03. The molecule has 0 atom stereocenters. The van der Waals surface area contributed by atoms with Gasteiger partial charge >= 0.3 is 0 Å². The molecule has 0 bridgehead atoms. The molecule has 0 N–H and O–H groups in total. The SMILES string of the molecule is CCCc1cc2sc(-c3ccc(-c4ccc(OC)cc4)cc3)cc2s1. The van der Waals surface area contributed by atoms with E-state index in [9.17, 15) is 0 Å². The second-order valence-electron chi connectivity index (χ2n) is 6.11. The minimum absolute atomic E-state index is 0.890. The summed E-state index contributed by atoms with van der Waals surface area (Å²) in [5.41, 5.74) is 3.74. The number of hydrogen-bond donors (Lipinski definition) is 0. The molecule has 2 aromatic carbocycles. The van der Waals surface area contributed by atoms with Gasteiger partial charge in [-0.15, -0.1) is 22.7 Å². The van der Waals surface area contributed by atoms with Crippen LogP contribution in [-0.4, -0.2) is 7.11 Å². The average molecular weight is 365 g/mol. The van der Waals surface area contributed by atoms with Crippen LogP contribution in [0.2, 0.25) is 0 Å². The van der Waals surface area contributed by atoms with Crippen LogP contribution in [0.1, 0.15) is 18.2 Å². The Balaban J connectivity index is 1.59. The van der Waals surface area contributed by atoms with Gasteiger partial charge in [-0.05, 0) is 47.4 Å². The van der Waals surface area contributed by atoms with Gasteiger partial charge in [0.25, 0.3) is 0 Å². The van der Waals surface area contributed by atoms with Crippen molar-refractivity contribution in [2.45, 2.75) is 19.8 Å². The van der Waals surface area contributed by atoms with Crippen LogP contribution >= 0.6 is 22.7 Å². The molecule has 0 spiro atoms. The topological polar surface area (TPSA) is 9.23 Å². The molecule has 0 radical (unpaired) electrons. The predicted molar refractivity (Wildman–Crippen MR) is 111 cm³/mol. The Morgan fingerprint density at radius 3 is 1.96 bits per heavy atom. The highest BCUT2D eigenvalue weighted by molar-refractivity contribution is 7.29. The van der Waals surface area contributed by atoms with E-state index in [1.165, 1.54) is 48.7 Å². The third-order valence-electron chi connectivity index (χ3n) is 4.35. The number of fused-ring (bicyclic) bond motifs is 1. The van der Waals surface area contributed by atoms with Gasteiger partial charge in [0.1, 0.15) is 5.75 Å².